The summed E-state index contributed by atoms with van der Waals surface area (Å²) in [5.41, 5.74) is -0.629. The lowest BCUT2D eigenvalue weighted by atomic mass is 9.89. The highest BCUT2D eigenvalue weighted by atomic mass is 16.6. The fourth-order valence-electron chi connectivity index (χ4n) is 1.51. The Balaban J connectivity index is 2.91. The highest BCUT2D eigenvalue weighted by Gasteiger charge is 2.24. The van der Waals surface area contributed by atoms with Crippen molar-refractivity contribution < 1.29 is 19.2 Å². The van der Waals surface area contributed by atoms with Gasteiger partial charge in [-0.3, -0.25) is 19.7 Å². The molecule has 0 aliphatic rings. The van der Waals surface area contributed by atoms with E-state index < -0.39 is 16.2 Å². The molecule has 1 rings (SSSR count). The van der Waals surface area contributed by atoms with Crippen LogP contribution in [0.4, 0.5) is 11.4 Å². The van der Waals surface area contributed by atoms with Crippen LogP contribution in [0.3, 0.4) is 0 Å². The Kier molecular flexibility index (Phi) is 5.02. The van der Waals surface area contributed by atoms with Crippen molar-refractivity contribution in [1.29, 1.82) is 0 Å². The predicted molar refractivity (Wildman–Crippen MR) is 77.4 cm³/mol. The number of benzene rings is 1. The molecule has 0 spiro atoms. The Morgan fingerprint density at radius 2 is 1.95 bits per heavy atom. The van der Waals surface area contributed by atoms with Crippen LogP contribution in [-0.4, -0.2) is 23.7 Å². The molecule has 0 atom stereocenters. The minimum absolute atomic E-state index is 0.165. The van der Waals surface area contributed by atoms with Gasteiger partial charge < -0.3 is 10.1 Å². The lowest BCUT2D eigenvalue weighted by molar-refractivity contribution is -0.384. The van der Waals surface area contributed by atoms with E-state index in [2.05, 4.69) is 5.32 Å². The van der Waals surface area contributed by atoms with Crippen molar-refractivity contribution >= 4 is 23.1 Å². The lowest BCUT2D eigenvalue weighted by Crippen LogP contribution is -2.26. The van der Waals surface area contributed by atoms with Crippen LogP contribution in [0.2, 0.25) is 0 Å². The monoisotopic (exact) mass is 294 g/mol. The van der Waals surface area contributed by atoms with Crippen molar-refractivity contribution in [3.63, 3.8) is 0 Å². The maximum Gasteiger partial charge on any atom is 0.271 e. The summed E-state index contributed by atoms with van der Waals surface area (Å²) in [6.07, 6.45) is -0.296. The summed E-state index contributed by atoms with van der Waals surface area (Å²) in [5.74, 6) is -0.463. The first-order chi connectivity index (χ1) is 9.65. The smallest absolute Gasteiger partial charge is 0.271 e. The molecule has 7 nitrogen and oxygen atoms in total. The second kappa shape index (κ2) is 6.34. The number of nitro benzene ring substituents is 1. The van der Waals surface area contributed by atoms with Gasteiger partial charge in [0.15, 0.2) is 0 Å². The van der Waals surface area contributed by atoms with Gasteiger partial charge in [0.05, 0.1) is 24.1 Å². The van der Waals surface area contributed by atoms with Crippen LogP contribution in [-0.2, 0) is 9.59 Å². The Morgan fingerprint density at radius 3 is 2.43 bits per heavy atom. The summed E-state index contributed by atoms with van der Waals surface area (Å²) >= 11 is 0. The molecule has 21 heavy (non-hydrogen) atoms. The van der Waals surface area contributed by atoms with Crippen LogP contribution in [0, 0.1) is 15.5 Å². The highest BCUT2D eigenvalue weighted by molar-refractivity contribution is 6.06. The number of ether oxygens (including phenoxy) is 1. The van der Waals surface area contributed by atoms with Crippen molar-refractivity contribution in [2.45, 2.75) is 27.2 Å². The standard InChI is InChI=1S/C14H18N2O5/c1-14(2,3)12(17)8-13(18)15-10-7-9(16(19)20)5-6-11(10)21-4/h5-7H,8H2,1-4H3,(H,15,18). The van der Waals surface area contributed by atoms with Crippen molar-refractivity contribution in [1.82, 2.24) is 0 Å². The normalized spacial score (nSPS) is 10.9. The maximum absolute atomic E-state index is 11.9. The summed E-state index contributed by atoms with van der Waals surface area (Å²) in [4.78, 5) is 33.8. The number of amides is 1. The first-order valence-corrected chi connectivity index (χ1v) is 6.30. The van der Waals surface area contributed by atoms with Crippen LogP contribution in [0.25, 0.3) is 0 Å². The third-order valence-electron chi connectivity index (χ3n) is 2.83. The quantitative estimate of drug-likeness (QED) is 0.511. The number of nitrogens with zero attached hydrogens (tertiary/aromatic N) is 1. The van der Waals surface area contributed by atoms with Crippen LogP contribution in [0.1, 0.15) is 27.2 Å². The summed E-state index contributed by atoms with van der Waals surface area (Å²) in [7, 11) is 1.39. The van der Waals surface area contributed by atoms with Gasteiger partial charge in [0, 0.05) is 17.5 Å². The molecule has 1 N–H and O–H groups in total. The molecule has 7 heteroatoms. The predicted octanol–water partition coefficient (Wildman–Crippen LogP) is 2.55. The largest absolute Gasteiger partial charge is 0.495 e. The Hall–Kier alpha value is -2.44. The van der Waals surface area contributed by atoms with E-state index in [9.17, 15) is 19.7 Å². The number of anilines is 1. The molecule has 1 aromatic carbocycles. The topological polar surface area (TPSA) is 98.5 Å². The van der Waals surface area contributed by atoms with E-state index in [1.807, 2.05) is 0 Å². The highest BCUT2D eigenvalue weighted by Crippen LogP contribution is 2.29. The van der Waals surface area contributed by atoms with Gasteiger partial charge in [0.1, 0.15) is 11.5 Å². The maximum atomic E-state index is 11.9. The summed E-state index contributed by atoms with van der Waals surface area (Å²) in [6, 6.07) is 3.85. The number of rotatable bonds is 5. The van der Waals surface area contributed by atoms with Crippen LogP contribution >= 0.6 is 0 Å². The van der Waals surface area contributed by atoms with Gasteiger partial charge in [-0.05, 0) is 6.07 Å². The fourth-order valence-corrected chi connectivity index (χ4v) is 1.51. The zero-order chi connectivity index (χ0) is 16.2. The number of carbonyl (C=O) groups is 2. The molecule has 0 aliphatic heterocycles. The number of carbonyl (C=O) groups excluding carboxylic acids is 2. The van der Waals surface area contributed by atoms with Crippen LogP contribution in [0.15, 0.2) is 18.2 Å². The minimum atomic E-state index is -0.621. The van der Waals surface area contributed by atoms with E-state index in [1.54, 1.807) is 20.8 Å². The molecule has 0 bridgehead atoms. The molecule has 0 aromatic heterocycles. The number of hydrogen-bond donors (Lipinski definition) is 1. The van der Waals surface area contributed by atoms with Gasteiger partial charge in [-0.2, -0.15) is 0 Å². The lowest BCUT2D eigenvalue weighted by Gasteiger charge is -2.16. The zero-order valence-corrected chi connectivity index (χ0v) is 12.4. The molecule has 1 amide bonds. The molecule has 1 aromatic rings. The van der Waals surface area contributed by atoms with E-state index in [4.69, 9.17) is 4.74 Å². The van der Waals surface area contributed by atoms with Gasteiger partial charge in [0.2, 0.25) is 5.91 Å². The number of methoxy groups -OCH3 is 1. The average Bonchev–Trinajstić information content (AvgIpc) is 2.37. The number of nitrogens with one attached hydrogen (secondary N) is 1. The Labute approximate surface area is 122 Å². The van der Waals surface area contributed by atoms with E-state index in [-0.39, 0.29) is 29.3 Å². The van der Waals surface area contributed by atoms with Crippen molar-refractivity contribution in [2.75, 3.05) is 12.4 Å². The number of hydrogen-bond acceptors (Lipinski definition) is 5. The third-order valence-corrected chi connectivity index (χ3v) is 2.83. The number of non-ortho nitro benzene ring substituents is 1. The van der Waals surface area contributed by atoms with Gasteiger partial charge >= 0.3 is 0 Å². The second-order valence-corrected chi connectivity index (χ2v) is 5.54. The number of ketones is 1. The molecular weight excluding hydrogens is 276 g/mol. The van der Waals surface area contributed by atoms with Crippen molar-refractivity contribution in [3.05, 3.63) is 28.3 Å². The summed E-state index contributed by atoms with van der Waals surface area (Å²) in [6.45, 7) is 5.16. The van der Waals surface area contributed by atoms with Crippen LogP contribution < -0.4 is 10.1 Å². The average molecular weight is 294 g/mol. The van der Waals surface area contributed by atoms with Gasteiger partial charge in [0.25, 0.3) is 5.69 Å². The molecule has 0 saturated carbocycles. The van der Waals surface area contributed by atoms with Crippen molar-refractivity contribution in [2.24, 2.45) is 5.41 Å². The second-order valence-electron chi connectivity index (χ2n) is 5.54. The van der Waals surface area contributed by atoms with Gasteiger partial charge in [-0.1, -0.05) is 20.8 Å². The summed E-state index contributed by atoms with van der Waals surface area (Å²) in [5, 5.41) is 13.2. The molecule has 0 unspecified atom stereocenters. The molecule has 0 saturated heterocycles. The zero-order valence-electron chi connectivity index (χ0n) is 12.4. The SMILES string of the molecule is COc1ccc([N+](=O)[O-])cc1NC(=O)CC(=O)C(C)(C)C. The van der Waals surface area contributed by atoms with E-state index in [0.717, 1.165) is 0 Å². The molecule has 0 radical (unpaired) electrons. The molecule has 0 fully saturated rings. The van der Waals surface area contributed by atoms with Crippen molar-refractivity contribution in [3.8, 4) is 5.75 Å². The molecule has 114 valence electrons. The molecule has 0 aliphatic carbocycles. The first-order valence-electron chi connectivity index (χ1n) is 6.30. The van der Waals surface area contributed by atoms with Crippen LogP contribution in [0.5, 0.6) is 5.75 Å². The molecule has 0 heterocycles. The van der Waals surface area contributed by atoms with E-state index in [0.29, 0.717) is 0 Å². The molecular formula is C14H18N2O5. The Bertz CT molecular complexity index is 575. The minimum Gasteiger partial charge on any atom is -0.495 e. The van der Waals surface area contributed by atoms with Gasteiger partial charge in [-0.25, -0.2) is 0 Å². The number of nitro groups is 1. The van der Waals surface area contributed by atoms with E-state index in [1.165, 1.54) is 25.3 Å². The van der Waals surface area contributed by atoms with E-state index >= 15 is 0 Å². The number of Topliss-reactive ketones (excluding diaryl/α,β-unsaturated/α-hetero) is 1. The summed E-state index contributed by atoms with van der Waals surface area (Å²) < 4.78 is 5.03. The Morgan fingerprint density at radius 1 is 1.33 bits per heavy atom. The first kappa shape index (κ1) is 16.6. The third kappa shape index (κ3) is 4.55. The fraction of sp³-hybridized carbons (Fsp3) is 0.429. The van der Waals surface area contributed by atoms with Gasteiger partial charge in [-0.15, -0.1) is 0 Å².